The van der Waals surface area contributed by atoms with Gasteiger partial charge in [0.15, 0.2) is 0 Å². The maximum Gasteiger partial charge on any atom is 0.306 e. The summed E-state index contributed by atoms with van der Waals surface area (Å²) >= 11 is 2.59. The van der Waals surface area contributed by atoms with Gasteiger partial charge in [-0.05, 0) is 30.6 Å². The summed E-state index contributed by atoms with van der Waals surface area (Å²) in [6, 6.07) is 0. The van der Waals surface area contributed by atoms with Gasteiger partial charge in [0.25, 0.3) is 0 Å². The Morgan fingerprint density at radius 2 is 2.36 bits per heavy atom. The zero-order valence-electron chi connectivity index (χ0n) is 8.33. The van der Waals surface area contributed by atoms with Gasteiger partial charge in [-0.2, -0.15) is 0 Å². The van der Waals surface area contributed by atoms with Gasteiger partial charge in [0.1, 0.15) is 0 Å². The number of carbonyl (C=O) groups is 1. The van der Waals surface area contributed by atoms with Gasteiger partial charge in [-0.25, -0.2) is 0 Å². The lowest BCUT2D eigenvalue weighted by atomic mass is 9.70. The zero-order chi connectivity index (χ0) is 9.92. The van der Waals surface area contributed by atoms with Crippen LogP contribution in [0.1, 0.15) is 26.2 Å². The van der Waals surface area contributed by atoms with Crippen molar-refractivity contribution in [2.75, 3.05) is 6.61 Å². The third-order valence-electron chi connectivity index (χ3n) is 4.66. The van der Waals surface area contributed by atoms with Crippen LogP contribution in [0.25, 0.3) is 0 Å². The SMILES string of the molecule is CC1C2CC(C1I)C1(COC(=O)C1)C2. The molecule has 1 saturated heterocycles. The second kappa shape index (κ2) is 2.86. The summed E-state index contributed by atoms with van der Waals surface area (Å²) in [6.07, 6.45) is 3.27. The van der Waals surface area contributed by atoms with E-state index in [-0.39, 0.29) is 11.4 Å². The fraction of sp³-hybridized carbons (Fsp3) is 0.909. The van der Waals surface area contributed by atoms with Crippen LogP contribution in [-0.4, -0.2) is 16.5 Å². The van der Waals surface area contributed by atoms with Crippen molar-refractivity contribution in [1.82, 2.24) is 0 Å². The maximum atomic E-state index is 11.2. The molecule has 5 unspecified atom stereocenters. The van der Waals surface area contributed by atoms with Gasteiger partial charge in [0.05, 0.1) is 13.0 Å². The molecule has 2 aliphatic carbocycles. The van der Waals surface area contributed by atoms with Crippen LogP contribution in [0.4, 0.5) is 0 Å². The van der Waals surface area contributed by atoms with E-state index >= 15 is 0 Å². The van der Waals surface area contributed by atoms with Crippen LogP contribution in [0.3, 0.4) is 0 Å². The predicted molar refractivity (Wildman–Crippen MR) is 61.2 cm³/mol. The topological polar surface area (TPSA) is 26.3 Å². The Morgan fingerprint density at radius 3 is 2.86 bits per heavy atom. The Hall–Kier alpha value is 0.200. The predicted octanol–water partition coefficient (Wildman–Crippen LogP) is 2.40. The highest BCUT2D eigenvalue weighted by Crippen LogP contribution is 2.63. The van der Waals surface area contributed by atoms with Crippen molar-refractivity contribution in [1.29, 1.82) is 0 Å². The van der Waals surface area contributed by atoms with E-state index in [1.165, 1.54) is 12.8 Å². The average molecular weight is 306 g/mol. The van der Waals surface area contributed by atoms with Crippen molar-refractivity contribution in [3.8, 4) is 0 Å². The number of halogens is 1. The van der Waals surface area contributed by atoms with Crippen LogP contribution in [0.5, 0.6) is 0 Å². The van der Waals surface area contributed by atoms with Gasteiger partial charge in [-0.15, -0.1) is 0 Å². The van der Waals surface area contributed by atoms with Crippen molar-refractivity contribution < 1.29 is 9.53 Å². The number of cyclic esters (lactones) is 1. The molecule has 1 spiro atoms. The van der Waals surface area contributed by atoms with E-state index < -0.39 is 0 Å². The molecule has 1 aliphatic heterocycles. The van der Waals surface area contributed by atoms with E-state index in [4.69, 9.17) is 4.74 Å². The molecule has 2 bridgehead atoms. The first-order valence-electron chi connectivity index (χ1n) is 5.42. The van der Waals surface area contributed by atoms with Crippen molar-refractivity contribution in [2.24, 2.45) is 23.2 Å². The summed E-state index contributed by atoms with van der Waals surface area (Å²) in [4.78, 5) is 11.2. The highest BCUT2D eigenvalue weighted by atomic mass is 127. The number of carbonyl (C=O) groups excluding carboxylic acids is 1. The number of fused-ring (bicyclic) bond motifs is 3. The largest absolute Gasteiger partial charge is 0.465 e. The van der Waals surface area contributed by atoms with Crippen LogP contribution in [-0.2, 0) is 9.53 Å². The minimum atomic E-state index is 0.0359. The van der Waals surface area contributed by atoms with E-state index in [1.54, 1.807) is 0 Å². The number of hydrogen-bond acceptors (Lipinski definition) is 2. The highest BCUT2D eigenvalue weighted by Gasteiger charge is 2.61. The first kappa shape index (κ1) is 9.43. The molecule has 2 nitrogen and oxygen atoms in total. The molecule has 0 aromatic heterocycles. The summed E-state index contributed by atoms with van der Waals surface area (Å²) in [5.74, 6) is 2.49. The highest BCUT2D eigenvalue weighted by molar-refractivity contribution is 14.1. The molecule has 0 aromatic carbocycles. The quantitative estimate of drug-likeness (QED) is 0.390. The zero-order valence-corrected chi connectivity index (χ0v) is 10.5. The third-order valence-corrected chi connectivity index (χ3v) is 6.66. The lowest BCUT2D eigenvalue weighted by molar-refractivity contribution is -0.137. The van der Waals surface area contributed by atoms with Crippen LogP contribution < -0.4 is 0 Å². The van der Waals surface area contributed by atoms with Gasteiger partial charge in [-0.1, -0.05) is 29.5 Å². The van der Waals surface area contributed by atoms with Gasteiger partial charge in [0.2, 0.25) is 0 Å². The van der Waals surface area contributed by atoms with E-state index in [2.05, 4.69) is 29.5 Å². The fourth-order valence-electron chi connectivity index (χ4n) is 3.81. The lowest BCUT2D eigenvalue weighted by Gasteiger charge is -2.37. The second-order valence-electron chi connectivity index (χ2n) is 5.31. The molecule has 14 heavy (non-hydrogen) atoms. The summed E-state index contributed by atoms with van der Waals surface area (Å²) in [6.45, 7) is 3.07. The minimum Gasteiger partial charge on any atom is -0.465 e. The normalized spacial score (nSPS) is 55.7. The molecular formula is C11H15IO2. The molecule has 5 atom stereocenters. The van der Waals surface area contributed by atoms with E-state index in [0.717, 1.165) is 21.7 Å². The Balaban J connectivity index is 1.89. The Bertz CT molecular complexity index is 289. The first-order chi connectivity index (χ1) is 6.62. The molecule has 3 aliphatic rings. The summed E-state index contributed by atoms with van der Waals surface area (Å²) in [5.41, 5.74) is 0.250. The number of rotatable bonds is 0. The molecule has 78 valence electrons. The van der Waals surface area contributed by atoms with Crippen molar-refractivity contribution in [3.63, 3.8) is 0 Å². The number of ether oxygens (including phenoxy) is 1. The molecule has 3 rings (SSSR count). The van der Waals surface area contributed by atoms with E-state index in [0.29, 0.717) is 13.0 Å². The van der Waals surface area contributed by atoms with E-state index in [9.17, 15) is 4.79 Å². The van der Waals surface area contributed by atoms with E-state index in [1.807, 2.05) is 0 Å². The van der Waals surface area contributed by atoms with Crippen LogP contribution in [0, 0.1) is 23.2 Å². The Labute approximate surface area is 97.9 Å². The Morgan fingerprint density at radius 1 is 1.57 bits per heavy atom. The molecule has 1 heterocycles. The van der Waals surface area contributed by atoms with Gasteiger partial charge < -0.3 is 4.74 Å². The summed E-state index contributed by atoms with van der Waals surface area (Å²) in [5, 5.41) is 0. The molecule has 0 radical (unpaired) electrons. The lowest BCUT2D eigenvalue weighted by Crippen LogP contribution is -2.37. The van der Waals surface area contributed by atoms with Crippen molar-refractivity contribution in [2.45, 2.75) is 30.1 Å². The second-order valence-corrected chi connectivity index (χ2v) is 6.75. The van der Waals surface area contributed by atoms with Crippen molar-refractivity contribution in [3.05, 3.63) is 0 Å². The molecule has 3 heteroatoms. The summed E-state index contributed by atoms with van der Waals surface area (Å²) < 4.78 is 5.95. The number of hydrogen-bond donors (Lipinski definition) is 0. The van der Waals surface area contributed by atoms with Crippen LogP contribution >= 0.6 is 22.6 Å². The molecule has 3 fully saturated rings. The Kier molecular flexibility index (Phi) is 1.93. The molecule has 0 aromatic rings. The molecule has 2 saturated carbocycles. The molecule has 0 amide bonds. The standard InChI is InChI=1S/C11H15IO2/c1-6-7-2-8(10(6)12)11(3-7)4-9(13)14-5-11/h6-8,10H,2-5H2,1H3. The fourth-order valence-corrected chi connectivity index (χ4v) is 5.45. The van der Waals surface area contributed by atoms with Crippen LogP contribution in [0.15, 0.2) is 0 Å². The van der Waals surface area contributed by atoms with Gasteiger partial charge in [-0.3, -0.25) is 4.79 Å². The number of alkyl halides is 1. The maximum absolute atomic E-state index is 11.2. The molecular weight excluding hydrogens is 291 g/mol. The third kappa shape index (κ3) is 1.05. The summed E-state index contributed by atoms with van der Waals surface area (Å²) in [7, 11) is 0. The average Bonchev–Trinajstić information content (AvgIpc) is 2.75. The monoisotopic (exact) mass is 306 g/mol. The molecule has 0 N–H and O–H groups in total. The van der Waals surface area contributed by atoms with Gasteiger partial charge >= 0.3 is 5.97 Å². The van der Waals surface area contributed by atoms with Gasteiger partial charge in [0, 0.05) is 9.34 Å². The van der Waals surface area contributed by atoms with Crippen molar-refractivity contribution >= 4 is 28.6 Å². The number of esters is 1. The minimum absolute atomic E-state index is 0.0359. The van der Waals surface area contributed by atoms with Crippen LogP contribution in [0.2, 0.25) is 0 Å². The smallest absolute Gasteiger partial charge is 0.306 e. The first-order valence-corrected chi connectivity index (χ1v) is 6.67.